The van der Waals surface area contributed by atoms with Gasteiger partial charge in [0.2, 0.25) is 5.91 Å². The van der Waals surface area contributed by atoms with Gasteiger partial charge in [0.1, 0.15) is 6.04 Å². The van der Waals surface area contributed by atoms with Crippen LogP contribution in [0.4, 0.5) is 10.5 Å². The summed E-state index contributed by atoms with van der Waals surface area (Å²) in [6, 6.07) is 6.79. The Kier molecular flexibility index (Phi) is 6.72. The first-order valence-corrected chi connectivity index (χ1v) is 7.43. The van der Waals surface area contributed by atoms with E-state index in [4.69, 9.17) is 0 Å². The number of nitrogens with one attached hydrogen (secondary N) is 3. The molecule has 5 heteroatoms. The zero-order chi connectivity index (χ0) is 15.8. The largest absolute Gasteiger partial charge is 0.352 e. The smallest absolute Gasteiger partial charge is 0.319 e. The Morgan fingerprint density at radius 1 is 1.14 bits per heavy atom. The fourth-order valence-corrected chi connectivity index (χ4v) is 1.77. The number of anilines is 1. The monoisotopic (exact) mass is 291 g/mol. The molecule has 0 aromatic heterocycles. The van der Waals surface area contributed by atoms with Crippen LogP contribution in [-0.4, -0.2) is 24.0 Å². The van der Waals surface area contributed by atoms with Crippen molar-refractivity contribution in [3.05, 3.63) is 29.8 Å². The molecule has 2 atom stereocenters. The first-order chi connectivity index (χ1) is 9.96. The molecule has 0 fully saturated rings. The molecule has 3 amide bonds. The average molecular weight is 291 g/mol. The van der Waals surface area contributed by atoms with E-state index in [1.807, 2.05) is 38.1 Å². The Balaban J connectivity index is 2.50. The van der Waals surface area contributed by atoms with Gasteiger partial charge in [0, 0.05) is 11.7 Å². The fraction of sp³-hybridized carbons (Fsp3) is 0.500. The summed E-state index contributed by atoms with van der Waals surface area (Å²) in [5.41, 5.74) is 1.87. The van der Waals surface area contributed by atoms with Crippen molar-refractivity contribution in [2.45, 2.75) is 52.6 Å². The lowest BCUT2D eigenvalue weighted by Crippen LogP contribution is -2.48. The van der Waals surface area contributed by atoms with Crippen LogP contribution in [0.3, 0.4) is 0 Å². The maximum Gasteiger partial charge on any atom is 0.319 e. The van der Waals surface area contributed by atoms with E-state index in [2.05, 4.69) is 22.9 Å². The molecule has 0 unspecified atom stereocenters. The lowest BCUT2D eigenvalue weighted by atomic mass is 10.1. The topological polar surface area (TPSA) is 70.2 Å². The van der Waals surface area contributed by atoms with Crippen LogP contribution in [0, 0.1) is 0 Å². The van der Waals surface area contributed by atoms with Gasteiger partial charge in [-0.15, -0.1) is 0 Å². The van der Waals surface area contributed by atoms with Gasteiger partial charge in [0.15, 0.2) is 0 Å². The van der Waals surface area contributed by atoms with Gasteiger partial charge >= 0.3 is 6.03 Å². The van der Waals surface area contributed by atoms with E-state index in [1.165, 1.54) is 0 Å². The van der Waals surface area contributed by atoms with Gasteiger partial charge in [0.25, 0.3) is 0 Å². The predicted octanol–water partition coefficient (Wildman–Crippen LogP) is 2.67. The number of rotatable bonds is 6. The van der Waals surface area contributed by atoms with Crippen LogP contribution in [-0.2, 0) is 11.2 Å². The van der Waals surface area contributed by atoms with Crippen LogP contribution >= 0.6 is 0 Å². The minimum atomic E-state index is -0.576. The third-order valence-electron chi connectivity index (χ3n) is 3.34. The van der Waals surface area contributed by atoms with E-state index < -0.39 is 6.04 Å². The second-order valence-electron chi connectivity index (χ2n) is 5.19. The van der Waals surface area contributed by atoms with Crippen LogP contribution in [0.15, 0.2) is 24.3 Å². The third-order valence-corrected chi connectivity index (χ3v) is 3.34. The molecule has 1 aromatic rings. The average Bonchev–Trinajstić information content (AvgIpc) is 2.46. The van der Waals surface area contributed by atoms with Crippen molar-refractivity contribution in [2.24, 2.45) is 0 Å². The number of benzene rings is 1. The molecule has 3 N–H and O–H groups in total. The molecule has 0 aliphatic heterocycles. The van der Waals surface area contributed by atoms with E-state index in [0.717, 1.165) is 24.1 Å². The molecule has 0 bridgehead atoms. The Hall–Kier alpha value is -2.04. The predicted molar refractivity (Wildman–Crippen MR) is 85.3 cm³/mol. The number of aryl methyl sites for hydroxylation is 1. The van der Waals surface area contributed by atoms with Crippen LogP contribution in [0.5, 0.6) is 0 Å². The molecule has 0 saturated carbocycles. The highest BCUT2D eigenvalue weighted by molar-refractivity contribution is 5.93. The summed E-state index contributed by atoms with van der Waals surface area (Å²) >= 11 is 0. The Labute approximate surface area is 126 Å². The minimum Gasteiger partial charge on any atom is -0.352 e. The van der Waals surface area contributed by atoms with E-state index in [-0.39, 0.29) is 18.0 Å². The van der Waals surface area contributed by atoms with Crippen molar-refractivity contribution < 1.29 is 9.59 Å². The normalized spacial score (nSPS) is 13.1. The lowest BCUT2D eigenvalue weighted by molar-refractivity contribution is -0.123. The zero-order valence-electron chi connectivity index (χ0n) is 13.2. The van der Waals surface area contributed by atoms with Gasteiger partial charge < -0.3 is 16.0 Å². The number of hydrogen-bond donors (Lipinski definition) is 3. The maximum atomic E-state index is 11.9. The van der Waals surface area contributed by atoms with Crippen LogP contribution in [0.25, 0.3) is 0 Å². The minimum absolute atomic E-state index is 0.103. The fourth-order valence-electron chi connectivity index (χ4n) is 1.77. The summed E-state index contributed by atoms with van der Waals surface area (Å²) in [4.78, 5) is 23.7. The van der Waals surface area contributed by atoms with E-state index >= 15 is 0 Å². The molecular formula is C16H25N3O2. The molecule has 0 spiro atoms. The van der Waals surface area contributed by atoms with Crippen LogP contribution in [0.1, 0.15) is 39.7 Å². The molecular weight excluding hydrogens is 266 g/mol. The Bertz CT molecular complexity index is 488. The number of amides is 3. The summed E-state index contributed by atoms with van der Waals surface area (Å²) in [5, 5.41) is 8.21. The lowest BCUT2D eigenvalue weighted by Gasteiger charge is -2.17. The van der Waals surface area contributed by atoms with E-state index in [9.17, 15) is 9.59 Å². The van der Waals surface area contributed by atoms with E-state index in [0.29, 0.717) is 0 Å². The molecule has 0 aliphatic rings. The maximum absolute atomic E-state index is 11.9. The zero-order valence-corrected chi connectivity index (χ0v) is 13.2. The Morgan fingerprint density at radius 2 is 1.86 bits per heavy atom. The van der Waals surface area contributed by atoms with Crippen molar-refractivity contribution >= 4 is 17.6 Å². The number of carbonyl (C=O) groups is 2. The van der Waals surface area contributed by atoms with Crippen molar-refractivity contribution in [3.8, 4) is 0 Å². The van der Waals surface area contributed by atoms with Crippen molar-refractivity contribution in [1.29, 1.82) is 0 Å². The molecule has 0 saturated heterocycles. The second-order valence-corrected chi connectivity index (χ2v) is 5.19. The van der Waals surface area contributed by atoms with Crippen LogP contribution < -0.4 is 16.0 Å². The molecule has 0 heterocycles. The first kappa shape index (κ1) is 17.0. The van der Waals surface area contributed by atoms with Gasteiger partial charge in [-0.05, 0) is 44.4 Å². The van der Waals surface area contributed by atoms with Crippen molar-refractivity contribution in [2.75, 3.05) is 5.32 Å². The van der Waals surface area contributed by atoms with Crippen molar-refractivity contribution in [1.82, 2.24) is 10.6 Å². The quantitative estimate of drug-likeness (QED) is 0.754. The second kappa shape index (κ2) is 8.29. The standard InChI is InChI=1S/C16H25N3O2/c1-5-11(3)17-15(20)12(4)18-16(21)19-14-9-7-8-13(6-2)10-14/h7-12H,5-6H2,1-4H3,(H,17,20)(H2,18,19,21)/t11-,12+/m1/s1. The van der Waals surface area contributed by atoms with Crippen LogP contribution in [0.2, 0.25) is 0 Å². The summed E-state index contributed by atoms with van der Waals surface area (Å²) in [6.45, 7) is 7.65. The van der Waals surface area contributed by atoms with Gasteiger partial charge in [-0.3, -0.25) is 4.79 Å². The summed E-state index contributed by atoms with van der Waals surface area (Å²) in [5.74, 6) is -0.179. The number of hydrogen-bond acceptors (Lipinski definition) is 2. The third kappa shape index (κ3) is 5.85. The van der Waals surface area contributed by atoms with Gasteiger partial charge in [0.05, 0.1) is 0 Å². The first-order valence-electron chi connectivity index (χ1n) is 7.43. The van der Waals surface area contributed by atoms with Gasteiger partial charge in [-0.1, -0.05) is 26.0 Å². The van der Waals surface area contributed by atoms with Gasteiger partial charge in [-0.25, -0.2) is 4.79 Å². The summed E-state index contributed by atoms with van der Waals surface area (Å²) in [6.07, 6.45) is 1.76. The molecule has 0 radical (unpaired) electrons. The molecule has 0 aliphatic carbocycles. The van der Waals surface area contributed by atoms with E-state index in [1.54, 1.807) is 6.92 Å². The number of urea groups is 1. The molecule has 116 valence electrons. The SMILES string of the molecule is CCc1cccc(NC(=O)N[C@@H](C)C(=O)N[C@H](C)CC)c1. The summed E-state index contributed by atoms with van der Waals surface area (Å²) < 4.78 is 0. The highest BCUT2D eigenvalue weighted by Gasteiger charge is 2.16. The van der Waals surface area contributed by atoms with Gasteiger partial charge in [-0.2, -0.15) is 0 Å². The molecule has 21 heavy (non-hydrogen) atoms. The highest BCUT2D eigenvalue weighted by atomic mass is 16.2. The molecule has 5 nitrogen and oxygen atoms in total. The molecule has 1 rings (SSSR count). The number of carbonyl (C=O) groups excluding carboxylic acids is 2. The van der Waals surface area contributed by atoms with Crippen molar-refractivity contribution in [3.63, 3.8) is 0 Å². The molecule has 1 aromatic carbocycles. The Morgan fingerprint density at radius 3 is 2.48 bits per heavy atom. The summed E-state index contributed by atoms with van der Waals surface area (Å²) in [7, 11) is 0. The highest BCUT2D eigenvalue weighted by Crippen LogP contribution is 2.10.